The monoisotopic (exact) mass is 413 g/mol. The van der Waals surface area contributed by atoms with E-state index in [1.54, 1.807) is 36.6 Å². The van der Waals surface area contributed by atoms with Crippen LogP contribution in [0.25, 0.3) is 10.9 Å². The Labute approximate surface area is 172 Å². The van der Waals surface area contributed by atoms with Crippen molar-refractivity contribution in [2.75, 3.05) is 5.75 Å². The second-order valence-corrected chi connectivity index (χ2v) is 8.01. The number of aromatic nitrogens is 2. The van der Waals surface area contributed by atoms with Crippen LogP contribution >= 0.6 is 11.8 Å². The van der Waals surface area contributed by atoms with Crippen LogP contribution in [0, 0.1) is 5.92 Å². The lowest BCUT2D eigenvalue weighted by Crippen LogP contribution is -2.44. The molecular formula is C21H23N3O4S. The number of furan rings is 1. The maximum atomic E-state index is 13.0. The van der Waals surface area contributed by atoms with Gasteiger partial charge in [-0.25, -0.2) is 4.98 Å². The maximum absolute atomic E-state index is 13.0. The van der Waals surface area contributed by atoms with Crippen LogP contribution < -0.4 is 10.9 Å². The molecule has 0 radical (unpaired) electrons. The highest BCUT2D eigenvalue weighted by atomic mass is 32.2. The van der Waals surface area contributed by atoms with Crippen LogP contribution in [0.2, 0.25) is 0 Å². The first-order chi connectivity index (χ1) is 13.9. The summed E-state index contributed by atoms with van der Waals surface area (Å²) < 4.78 is 6.88. The van der Waals surface area contributed by atoms with Crippen molar-refractivity contribution in [1.29, 1.82) is 0 Å². The van der Waals surface area contributed by atoms with Crippen molar-refractivity contribution in [1.82, 2.24) is 14.9 Å². The number of carbonyl (C=O) groups excluding carboxylic acids is 2. The molecule has 0 aliphatic rings. The highest BCUT2D eigenvalue weighted by molar-refractivity contribution is 7.99. The van der Waals surface area contributed by atoms with E-state index in [0.717, 1.165) is 11.8 Å². The predicted molar refractivity (Wildman–Crippen MR) is 112 cm³/mol. The second kappa shape index (κ2) is 9.09. The molecule has 29 heavy (non-hydrogen) atoms. The Bertz CT molecular complexity index is 1070. The van der Waals surface area contributed by atoms with E-state index in [-0.39, 0.29) is 35.5 Å². The first-order valence-corrected chi connectivity index (χ1v) is 10.3. The zero-order valence-electron chi connectivity index (χ0n) is 16.5. The molecular weight excluding hydrogens is 390 g/mol. The van der Waals surface area contributed by atoms with Gasteiger partial charge in [-0.15, -0.1) is 0 Å². The maximum Gasteiger partial charge on any atom is 0.262 e. The Hall–Kier alpha value is -2.87. The number of benzene rings is 1. The van der Waals surface area contributed by atoms with Crippen molar-refractivity contribution < 1.29 is 14.0 Å². The summed E-state index contributed by atoms with van der Waals surface area (Å²) >= 11 is 1.16. The zero-order valence-corrected chi connectivity index (χ0v) is 17.4. The molecule has 2 heterocycles. The SMILES string of the molecule is CC(=O)C(NC(=O)CSc1nc2ccccc2c(=O)n1Cc1ccco1)C(C)C. The molecule has 8 heteroatoms. The second-order valence-electron chi connectivity index (χ2n) is 7.07. The molecule has 1 unspecified atom stereocenters. The minimum atomic E-state index is -0.530. The van der Waals surface area contributed by atoms with Gasteiger partial charge in [-0.05, 0) is 37.1 Å². The van der Waals surface area contributed by atoms with E-state index in [1.807, 2.05) is 19.9 Å². The van der Waals surface area contributed by atoms with Crippen LogP contribution in [0.15, 0.2) is 57.0 Å². The summed E-state index contributed by atoms with van der Waals surface area (Å²) in [7, 11) is 0. The Kier molecular flexibility index (Phi) is 6.53. The molecule has 0 saturated carbocycles. The topological polar surface area (TPSA) is 94.2 Å². The van der Waals surface area contributed by atoms with Gasteiger partial charge in [-0.3, -0.25) is 19.0 Å². The van der Waals surface area contributed by atoms with Crippen molar-refractivity contribution in [3.05, 3.63) is 58.8 Å². The van der Waals surface area contributed by atoms with Crippen LogP contribution in [0.5, 0.6) is 0 Å². The summed E-state index contributed by atoms with van der Waals surface area (Å²) in [4.78, 5) is 41.7. The van der Waals surface area contributed by atoms with Crippen LogP contribution in [0.4, 0.5) is 0 Å². The summed E-state index contributed by atoms with van der Waals surface area (Å²) in [5.41, 5.74) is 0.374. The Morgan fingerprint density at radius 3 is 2.62 bits per heavy atom. The third-order valence-corrected chi connectivity index (χ3v) is 5.45. The van der Waals surface area contributed by atoms with Crippen molar-refractivity contribution in [3.63, 3.8) is 0 Å². The Morgan fingerprint density at radius 2 is 1.97 bits per heavy atom. The molecule has 0 bridgehead atoms. The predicted octanol–water partition coefficient (Wildman–Crippen LogP) is 2.86. The number of nitrogens with zero attached hydrogens (tertiary/aromatic N) is 2. The molecule has 0 spiro atoms. The number of fused-ring (bicyclic) bond motifs is 1. The third-order valence-electron chi connectivity index (χ3n) is 4.47. The van der Waals surface area contributed by atoms with Gasteiger partial charge in [0.2, 0.25) is 5.91 Å². The number of Topliss-reactive ketones (excluding diaryl/α,β-unsaturated/α-hetero) is 1. The zero-order chi connectivity index (χ0) is 21.0. The fourth-order valence-electron chi connectivity index (χ4n) is 3.04. The minimum Gasteiger partial charge on any atom is -0.467 e. The summed E-state index contributed by atoms with van der Waals surface area (Å²) in [5, 5.41) is 3.68. The molecule has 2 aromatic heterocycles. The Morgan fingerprint density at radius 1 is 1.21 bits per heavy atom. The fraction of sp³-hybridized carbons (Fsp3) is 0.333. The van der Waals surface area contributed by atoms with Crippen LogP contribution in [-0.4, -0.2) is 33.0 Å². The molecule has 152 valence electrons. The van der Waals surface area contributed by atoms with Gasteiger partial charge in [0, 0.05) is 0 Å². The third kappa shape index (κ3) is 4.95. The summed E-state index contributed by atoms with van der Waals surface area (Å²) in [6, 6.07) is 10.1. The standard InChI is InChI=1S/C21H23N3O4S/c1-13(2)19(14(3)25)23-18(26)12-29-21-22-17-9-5-4-8-16(17)20(27)24(21)11-15-7-6-10-28-15/h4-10,13,19H,11-12H2,1-3H3,(H,23,26). The van der Waals surface area contributed by atoms with E-state index in [1.165, 1.54) is 11.5 Å². The first-order valence-electron chi connectivity index (χ1n) is 9.31. The molecule has 0 saturated heterocycles. The number of carbonyl (C=O) groups is 2. The number of para-hydroxylation sites is 1. The van der Waals surface area contributed by atoms with Crippen molar-refractivity contribution in [3.8, 4) is 0 Å². The van der Waals surface area contributed by atoms with Gasteiger partial charge in [-0.2, -0.15) is 0 Å². The molecule has 3 aromatic rings. The molecule has 0 aliphatic carbocycles. The van der Waals surface area contributed by atoms with Crippen LogP contribution in [-0.2, 0) is 16.1 Å². The Balaban J connectivity index is 1.86. The van der Waals surface area contributed by atoms with Gasteiger partial charge < -0.3 is 9.73 Å². The lowest BCUT2D eigenvalue weighted by atomic mass is 10.0. The van der Waals surface area contributed by atoms with E-state index in [9.17, 15) is 14.4 Å². The lowest BCUT2D eigenvalue weighted by molar-refractivity contribution is -0.126. The highest BCUT2D eigenvalue weighted by Gasteiger charge is 2.21. The molecule has 0 aliphatic heterocycles. The molecule has 1 atom stereocenters. The van der Waals surface area contributed by atoms with Gasteiger partial charge in [0.25, 0.3) is 5.56 Å². The highest BCUT2D eigenvalue weighted by Crippen LogP contribution is 2.19. The van der Waals surface area contributed by atoms with Gasteiger partial charge in [-0.1, -0.05) is 37.7 Å². The van der Waals surface area contributed by atoms with Gasteiger partial charge in [0.1, 0.15) is 5.76 Å². The van der Waals surface area contributed by atoms with E-state index in [4.69, 9.17) is 4.42 Å². The fourth-order valence-corrected chi connectivity index (χ4v) is 3.85. The molecule has 1 amide bonds. The van der Waals surface area contributed by atoms with E-state index in [0.29, 0.717) is 21.8 Å². The number of hydrogen-bond donors (Lipinski definition) is 1. The van der Waals surface area contributed by atoms with Gasteiger partial charge in [0.05, 0.1) is 35.5 Å². The van der Waals surface area contributed by atoms with Crippen molar-refractivity contribution in [2.24, 2.45) is 5.92 Å². The summed E-state index contributed by atoms with van der Waals surface area (Å²) in [6.45, 7) is 5.44. The quantitative estimate of drug-likeness (QED) is 0.451. The number of hydrogen-bond acceptors (Lipinski definition) is 6. The number of rotatable bonds is 8. The first kappa shape index (κ1) is 20.9. The van der Waals surface area contributed by atoms with E-state index >= 15 is 0 Å². The van der Waals surface area contributed by atoms with Crippen molar-refractivity contribution in [2.45, 2.75) is 38.5 Å². The van der Waals surface area contributed by atoms with E-state index < -0.39 is 6.04 Å². The molecule has 7 nitrogen and oxygen atoms in total. The van der Waals surface area contributed by atoms with Crippen LogP contribution in [0.3, 0.4) is 0 Å². The van der Waals surface area contributed by atoms with E-state index in [2.05, 4.69) is 10.3 Å². The number of thioether (sulfide) groups is 1. The van der Waals surface area contributed by atoms with Crippen molar-refractivity contribution >= 4 is 34.4 Å². The molecule has 0 fully saturated rings. The number of amides is 1. The average Bonchev–Trinajstić information content (AvgIpc) is 3.19. The normalized spacial score (nSPS) is 12.3. The number of ketones is 1. The lowest BCUT2D eigenvalue weighted by Gasteiger charge is -2.19. The minimum absolute atomic E-state index is 0.00243. The largest absolute Gasteiger partial charge is 0.467 e. The van der Waals surface area contributed by atoms with Gasteiger partial charge in [0.15, 0.2) is 10.9 Å². The summed E-state index contributed by atoms with van der Waals surface area (Å²) in [6.07, 6.45) is 1.54. The summed E-state index contributed by atoms with van der Waals surface area (Å²) in [5.74, 6) is 0.288. The molecule has 1 N–H and O–H groups in total. The van der Waals surface area contributed by atoms with Crippen LogP contribution in [0.1, 0.15) is 26.5 Å². The average molecular weight is 413 g/mol. The molecule has 1 aromatic carbocycles. The van der Waals surface area contributed by atoms with Gasteiger partial charge >= 0.3 is 0 Å². The smallest absolute Gasteiger partial charge is 0.262 e. The molecule has 3 rings (SSSR count). The number of nitrogens with one attached hydrogen (secondary N) is 1.